The standard InChI is InChI=1S/C13H11Cl2NO/c1-8-6-11(16)10(15)7-13(8)17-12-5-3-2-4-9(12)14/h2-7H,16H2,1H3. The summed E-state index contributed by atoms with van der Waals surface area (Å²) in [5.41, 5.74) is 7.15. The molecule has 0 aliphatic carbocycles. The molecular formula is C13H11Cl2NO. The SMILES string of the molecule is Cc1cc(N)c(Cl)cc1Oc1ccccc1Cl. The number of rotatable bonds is 2. The van der Waals surface area contributed by atoms with Crippen LogP contribution in [0, 0.1) is 6.92 Å². The lowest BCUT2D eigenvalue weighted by atomic mass is 10.2. The minimum absolute atomic E-state index is 0.470. The molecule has 2 aromatic carbocycles. The van der Waals surface area contributed by atoms with Gasteiger partial charge in [-0.25, -0.2) is 0 Å². The lowest BCUT2D eigenvalue weighted by Crippen LogP contribution is -1.92. The van der Waals surface area contributed by atoms with E-state index < -0.39 is 0 Å². The second kappa shape index (κ2) is 4.86. The Kier molecular flexibility index (Phi) is 3.46. The topological polar surface area (TPSA) is 35.2 Å². The summed E-state index contributed by atoms with van der Waals surface area (Å²) in [5, 5.41) is 1.03. The Labute approximate surface area is 110 Å². The lowest BCUT2D eigenvalue weighted by molar-refractivity contribution is 0.479. The first-order valence-electron chi connectivity index (χ1n) is 5.06. The number of ether oxygens (including phenoxy) is 1. The van der Waals surface area contributed by atoms with Crippen molar-refractivity contribution in [1.82, 2.24) is 0 Å². The summed E-state index contributed by atoms with van der Waals surface area (Å²) in [6, 6.07) is 10.7. The highest BCUT2D eigenvalue weighted by Crippen LogP contribution is 2.34. The van der Waals surface area contributed by atoms with Gasteiger partial charge in [0.15, 0.2) is 0 Å². The van der Waals surface area contributed by atoms with Crippen molar-refractivity contribution in [3.8, 4) is 11.5 Å². The van der Waals surface area contributed by atoms with Crippen LogP contribution in [-0.4, -0.2) is 0 Å². The van der Waals surface area contributed by atoms with Crippen LogP contribution in [0.5, 0.6) is 11.5 Å². The van der Waals surface area contributed by atoms with Crippen LogP contribution < -0.4 is 10.5 Å². The Morgan fingerprint density at radius 3 is 2.41 bits per heavy atom. The predicted molar refractivity (Wildman–Crippen MR) is 72.1 cm³/mol. The Hall–Kier alpha value is -1.38. The van der Waals surface area contributed by atoms with E-state index in [0.29, 0.717) is 27.2 Å². The average molecular weight is 268 g/mol. The van der Waals surface area contributed by atoms with E-state index in [1.165, 1.54) is 0 Å². The molecule has 0 fully saturated rings. The number of nitrogens with two attached hydrogens (primary N) is 1. The molecule has 0 saturated heterocycles. The first kappa shape index (κ1) is 12.1. The van der Waals surface area contributed by atoms with Crippen LogP contribution in [0.15, 0.2) is 36.4 Å². The fourth-order valence-electron chi connectivity index (χ4n) is 1.44. The number of nitrogen functional groups attached to an aromatic ring is 1. The molecule has 0 saturated carbocycles. The first-order valence-corrected chi connectivity index (χ1v) is 5.81. The lowest BCUT2D eigenvalue weighted by Gasteiger charge is -2.11. The van der Waals surface area contributed by atoms with E-state index in [9.17, 15) is 0 Å². The summed E-state index contributed by atoms with van der Waals surface area (Å²) in [5.74, 6) is 1.25. The summed E-state index contributed by atoms with van der Waals surface area (Å²) in [6.45, 7) is 1.90. The summed E-state index contributed by atoms with van der Waals surface area (Å²) in [7, 11) is 0. The molecule has 2 rings (SSSR count). The third-order valence-corrected chi connectivity index (χ3v) is 2.99. The minimum Gasteiger partial charge on any atom is -0.455 e. The van der Waals surface area contributed by atoms with Gasteiger partial charge in [0.1, 0.15) is 11.5 Å². The summed E-state index contributed by atoms with van der Waals surface area (Å²) in [4.78, 5) is 0. The highest BCUT2D eigenvalue weighted by molar-refractivity contribution is 6.33. The molecule has 4 heteroatoms. The third-order valence-electron chi connectivity index (χ3n) is 2.35. The molecule has 0 aromatic heterocycles. The molecule has 2 N–H and O–H groups in total. The maximum Gasteiger partial charge on any atom is 0.146 e. The van der Waals surface area contributed by atoms with Gasteiger partial charge in [-0.05, 0) is 30.7 Å². The van der Waals surface area contributed by atoms with Gasteiger partial charge in [0.25, 0.3) is 0 Å². The number of para-hydroxylation sites is 1. The zero-order valence-corrected chi connectivity index (χ0v) is 10.7. The van der Waals surface area contributed by atoms with Crippen molar-refractivity contribution >= 4 is 28.9 Å². The van der Waals surface area contributed by atoms with Crippen LogP contribution >= 0.6 is 23.2 Å². The van der Waals surface area contributed by atoms with Gasteiger partial charge < -0.3 is 10.5 Å². The molecule has 0 radical (unpaired) electrons. The van der Waals surface area contributed by atoms with Crippen molar-refractivity contribution in [2.24, 2.45) is 0 Å². The molecule has 0 amide bonds. The van der Waals surface area contributed by atoms with Gasteiger partial charge in [-0.1, -0.05) is 35.3 Å². The number of halogens is 2. The van der Waals surface area contributed by atoms with Gasteiger partial charge in [-0.2, -0.15) is 0 Å². The van der Waals surface area contributed by atoms with Crippen molar-refractivity contribution in [3.05, 3.63) is 52.0 Å². The van der Waals surface area contributed by atoms with E-state index in [4.69, 9.17) is 33.7 Å². The molecular weight excluding hydrogens is 257 g/mol. The molecule has 0 aliphatic heterocycles. The molecule has 0 unspecified atom stereocenters. The van der Waals surface area contributed by atoms with Crippen LogP contribution in [0.2, 0.25) is 10.0 Å². The molecule has 0 bridgehead atoms. The molecule has 2 nitrogen and oxygen atoms in total. The zero-order valence-electron chi connectivity index (χ0n) is 9.21. The molecule has 0 aliphatic rings. The first-order chi connectivity index (χ1) is 8.08. The highest BCUT2D eigenvalue weighted by atomic mass is 35.5. The van der Waals surface area contributed by atoms with E-state index >= 15 is 0 Å². The van der Waals surface area contributed by atoms with Gasteiger partial charge in [-0.15, -0.1) is 0 Å². The van der Waals surface area contributed by atoms with E-state index in [-0.39, 0.29) is 0 Å². The predicted octanol–water partition coefficient (Wildman–Crippen LogP) is 4.68. The van der Waals surface area contributed by atoms with Gasteiger partial charge in [-0.3, -0.25) is 0 Å². The van der Waals surface area contributed by atoms with Gasteiger partial charge in [0.05, 0.1) is 15.7 Å². The Bertz CT molecular complexity index is 555. The Balaban J connectivity index is 2.37. The van der Waals surface area contributed by atoms with Crippen LogP contribution in [-0.2, 0) is 0 Å². The maximum absolute atomic E-state index is 6.01. The fraction of sp³-hybridized carbons (Fsp3) is 0.0769. The van der Waals surface area contributed by atoms with Crippen molar-refractivity contribution in [2.45, 2.75) is 6.92 Å². The maximum atomic E-state index is 6.01. The molecule has 0 heterocycles. The average Bonchev–Trinajstić information content (AvgIpc) is 2.29. The fourth-order valence-corrected chi connectivity index (χ4v) is 1.77. The number of hydrogen-bond acceptors (Lipinski definition) is 2. The van der Waals surface area contributed by atoms with E-state index in [1.54, 1.807) is 24.3 Å². The van der Waals surface area contributed by atoms with Gasteiger partial charge in [0, 0.05) is 6.07 Å². The van der Waals surface area contributed by atoms with E-state index in [1.807, 2.05) is 19.1 Å². The molecule has 17 heavy (non-hydrogen) atoms. The number of aryl methyl sites for hydroxylation is 1. The Morgan fingerprint density at radius 1 is 1.00 bits per heavy atom. The van der Waals surface area contributed by atoms with Crippen molar-refractivity contribution in [2.75, 3.05) is 5.73 Å². The second-order valence-electron chi connectivity index (χ2n) is 3.67. The molecule has 0 atom stereocenters. The van der Waals surface area contributed by atoms with Gasteiger partial charge in [0.2, 0.25) is 0 Å². The smallest absolute Gasteiger partial charge is 0.146 e. The largest absolute Gasteiger partial charge is 0.455 e. The number of anilines is 1. The number of benzene rings is 2. The molecule has 0 spiro atoms. The normalized spacial score (nSPS) is 10.3. The van der Waals surface area contributed by atoms with Crippen molar-refractivity contribution < 1.29 is 4.74 Å². The third kappa shape index (κ3) is 2.65. The van der Waals surface area contributed by atoms with E-state index in [0.717, 1.165) is 5.56 Å². The monoisotopic (exact) mass is 267 g/mol. The second-order valence-corrected chi connectivity index (χ2v) is 4.49. The van der Waals surface area contributed by atoms with Crippen LogP contribution in [0.4, 0.5) is 5.69 Å². The van der Waals surface area contributed by atoms with Crippen LogP contribution in [0.1, 0.15) is 5.56 Å². The molecule has 88 valence electrons. The quantitative estimate of drug-likeness (QED) is 0.803. The Morgan fingerprint density at radius 2 is 1.71 bits per heavy atom. The molecule has 2 aromatic rings. The number of hydrogen-bond donors (Lipinski definition) is 1. The highest BCUT2D eigenvalue weighted by Gasteiger charge is 2.07. The van der Waals surface area contributed by atoms with Crippen LogP contribution in [0.25, 0.3) is 0 Å². The summed E-state index contributed by atoms with van der Waals surface area (Å²) < 4.78 is 5.70. The van der Waals surface area contributed by atoms with Crippen LogP contribution in [0.3, 0.4) is 0 Å². The zero-order chi connectivity index (χ0) is 12.4. The van der Waals surface area contributed by atoms with Crippen molar-refractivity contribution in [1.29, 1.82) is 0 Å². The van der Waals surface area contributed by atoms with Gasteiger partial charge >= 0.3 is 0 Å². The summed E-state index contributed by atoms with van der Waals surface area (Å²) in [6.07, 6.45) is 0. The van der Waals surface area contributed by atoms with E-state index in [2.05, 4.69) is 0 Å². The minimum atomic E-state index is 0.470. The van der Waals surface area contributed by atoms with Crippen molar-refractivity contribution in [3.63, 3.8) is 0 Å². The summed E-state index contributed by atoms with van der Waals surface area (Å²) >= 11 is 12.0.